The van der Waals surface area contributed by atoms with Gasteiger partial charge in [0.2, 0.25) is 0 Å². The zero-order valence-electron chi connectivity index (χ0n) is 12.5. The van der Waals surface area contributed by atoms with Crippen molar-refractivity contribution in [3.05, 3.63) is 54.1 Å². The Hall–Kier alpha value is -1.50. The van der Waals surface area contributed by atoms with Gasteiger partial charge in [-0.25, -0.2) is 8.42 Å². The van der Waals surface area contributed by atoms with Crippen LogP contribution in [0.3, 0.4) is 0 Å². The molecule has 2 aromatic rings. The van der Waals surface area contributed by atoms with Crippen LogP contribution in [0.2, 0.25) is 0 Å². The average molecular weight is 350 g/mol. The molecule has 1 atom stereocenters. The summed E-state index contributed by atoms with van der Waals surface area (Å²) in [6, 6.07) is 15.2. The van der Waals surface area contributed by atoms with Crippen molar-refractivity contribution in [3.63, 3.8) is 0 Å². The van der Waals surface area contributed by atoms with Gasteiger partial charge in [-0.05, 0) is 23.8 Å². The molecule has 0 saturated carbocycles. The van der Waals surface area contributed by atoms with Gasteiger partial charge in [-0.3, -0.25) is 0 Å². The van der Waals surface area contributed by atoms with E-state index in [0.717, 1.165) is 10.5 Å². The highest BCUT2D eigenvalue weighted by Gasteiger charge is 2.38. The minimum atomic E-state index is -3.35. The molecule has 1 aliphatic heterocycles. The van der Waals surface area contributed by atoms with Crippen LogP contribution in [0.4, 0.5) is 0 Å². The van der Waals surface area contributed by atoms with Crippen molar-refractivity contribution in [1.82, 2.24) is 0 Å². The Balaban J connectivity index is 1.91. The topological polar surface area (TPSA) is 63.6 Å². The zero-order chi connectivity index (χ0) is 16.3. The van der Waals surface area contributed by atoms with Gasteiger partial charge in [-0.15, -0.1) is 11.8 Å². The van der Waals surface area contributed by atoms with Gasteiger partial charge in [0.05, 0.1) is 17.6 Å². The summed E-state index contributed by atoms with van der Waals surface area (Å²) >= 11 is 1.56. The Morgan fingerprint density at radius 1 is 1.13 bits per heavy atom. The third-order valence-corrected chi connectivity index (χ3v) is 6.91. The molecule has 23 heavy (non-hydrogen) atoms. The van der Waals surface area contributed by atoms with Crippen molar-refractivity contribution >= 4 is 21.6 Å². The maximum absolute atomic E-state index is 12.6. The van der Waals surface area contributed by atoms with E-state index in [2.05, 4.69) is 0 Å². The third kappa shape index (κ3) is 3.54. The molecule has 0 spiro atoms. The second kappa shape index (κ2) is 6.95. The lowest BCUT2D eigenvalue weighted by molar-refractivity contribution is 0.231. The quantitative estimate of drug-likeness (QED) is 0.811. The van der Waals surface area contributed by atoms with Crippen LogP contribution in [0.5, 0.6) is 5.75 Å². The van der Waals surface area contributed by atoms with E-state index in [1.54, 1.807) is 17.8 Å². The number of thioether (sulfide) groups is 1. The van der Waals surface area contributed by atoms with Gasteiger partial charge in [-0.2, -0.15) is 0 Å². The molecule has 4 nitrogen and oxygen atoms in total. The molecule has 0 aromatic heterocycles. The van der Waals surface area contributed by atoms with E-state index in [-0.39, 0.29) is 17.6 Å². The van der Waals surface area contributed by atoms with E-state index in [0.29, 0.717) is 23.7 Å². The SMILES string of the molecule is O=S1(=O)CC(Sc2ccccc2)c2cccc(OCCCO)c21. The largest absolute Gasteiger partial charge is 0.492 e. The lowest BCUT2D eigenvalue weighted by Crippen LogP contribution is -2.05. The van der Waals surface area contributed by atoms with Gasteiger partial charge >= 0.3 is 0 Å². The van der Waals surface area contributed by atoms with Gasteiger partial charge in [0, 0.05) is 17.9 Å². The van der Waals surface area contributed by atoms with E-state index in [9.17, 15) is 8.42 Å². The number of sulfone groups is 1. The Bertz CT molecular complexity index is 772. The maximum Gasteiger partial charge on any atom is 0.183 e. The predicted octanol–water partition coefficient (Wildman–Crippen LogP) is 3.07. The summed E-state index contributed by atoms with van der Waals surface area (Å²) in [5.41, 5.74) is 0.806. The zero-order valence-corrected chi connectivity index (χ0v) is 14.1. The number of benzene rings is 2. The molecule has 1 N–H and O–H groups in total. The smallest absolute Gasteiger partial charge is 0.183 e. The van der Waals surface area contributed by atoms with Crippen molar-refractivity contribution in [1.29, 1.82) is 0 Å². The van der Waals surface area contributed by atoms with Crippen molar-refractivity contribution < 1.29 is 18.3 Å². The first-order valence-electron chi connectivity index (χ1n) is 7.43. The molecule has 0 aliphatic carbocycles. The van der Waals surface area contributed by atoms with E-state index in [4.69, 9.17) is 9.84 Å². The summed E-state index contributed by atoms with van der Waals surface area (Å²) in [5, 5.41) is 8.72. The van der Waals surface area contributed by atoms with E-state index >= 15 is 0 Å². The fraction of sp³-hybridized carbons (Fsp3) is 0.294. The summed E-state index contributed by atoms with van der Waals surface area (Å²) in [7, 11) is -3.35. The molecule has 122 valence electrons. The Kier molecular flexibility index (Phi) is 4.94. The lowest BCUT2D eigenvalue weighted by atomic mass is 10.1. The number of rotatable bonds is 6. The second-order valence-corrected chi connectivity index (χ2v) is 8.55. The number of hydrogen-bond acceptors (Lipinski definition) is 5. The molecule has 0 bridgehead atoms. The molecule has 0 amide bonds. The molecule has 1 heterocycles. The predicted molar refractivity (Wildman–Crippen MR) is 90.7 cm³/mol. The first-order chi connectivity index (χ1) is 11.1. The molecule has 3 rings (SSSR count). The highest BCUT2D eigenvalue weighted by Crippen LogP contribution is 2.47. The first kappa shape index (κ1) is 16.4. The monoisotopic (exact) mass is 350 g/mol. The summed E-state index contributed by atoms with van der Waals surface area (Å²) in [4.78, 5) is 1.36. The number of fused-ring (bicyclic) bond motifs is 1. The lowest BCUT2D eigenvalue weighted by Gasteiger charge is -2.11. The third-order valence-electron chi connectivity index (χ3n) is 3.62. The highest BCUT2D eigenvalue weighted by molar-refractivity contribution is 8.01. The van der Waals surface area contributed by atoms with Crippen LogP contribution in [-0.2, 0) is 9.84 Å². The molecule has 2 aromatic carbocycles. The van der Waals surface area contributed by atoms with Crippen molar-refractivity contribution in [3.8, 4) is 5.75 Å². The van der Waals surface area contributed by atoms with E-state index in [1.165, 1.54) is 0 Å². The van der Waals surface area contributed by atoms with Crippen molar-refractivity contribution in [2.45, 2.75) is 21.5 Å². The number of hydrogen-bond donors (Lipinski definition) is 1. The van der Waals surface area contributed by atoms with Crippen LogP contribution in [0, 0.1) is 0 Å². The Morgan fingerprint density at radius 2 is 1.91 bits per heavy atom. The minimum Gasteiger partial charge on any atom is -0.492 e. The molecular formula is C17H18O4S2. The molecule has 6 heteroatoms. The Morgan fingerprint density at radius 3 is 2.65 bits per heavy atom. The van der Waals surface area contributed by atoms with Crippen molar-refractivity contribution in [2.24, 2.45) is 0 Å². The number of ether oxygens (including phenoxy) is 1. The summed E-state index contributed by atoms with van der Waals surface area (Å²) in [6.45, 7) is 0.327. The first-order valence-corrected chi connectivity index (χ1v) is 9.96. The highest BCUT2D eigenvalue weighted by atomic mass is 32.2. The fourth-order valence-electron chi connectivity index (χ4n) is 2.61. The van der Waals surface area contributed by atoms with E-state index in [1.807, 2.05) is 42.5 Å². The standard InChI is InChI=1S/C17H18O4S2/c18-10-5-11-21-15-9-4-8-14-16(12-23(19,20)17(14)15)22-13-6-2-1-3-7-13/h1-4,6-9,16,18H,5,10-12H2. The summed E-state index contributed by atoms with van der Waals surface area (Å²) in [5.74, 6) is 0.481. The normalized spacial score (nSPS) is 18.6. The minimum absolute atomic E-state index is 0.0221. The van der Waals surface area contributed by atoms with Crippen LogP contribution < -0.4 is 4.74 Å². The average Bonchev–Trinajstić information content (AvgIpc) is 2.80. The summed E-state index contributed by atoms with van der Waals surface area (Å²) < 4.78 is 30.7. The van der Waals surface area contributed by atoms with Gasteiger partial charge in [0.1, 0.15) is 10.6 Å². The van der Waals surface area contributed by atoms with Gasteiger partial charge < -0.3 is 9.84 Å². The number of aliphatic hydroxyl groups is 1. The molecule has 1 aliphatic rings. The second-order valence-electron chi connectivity index (χ2n) is 5.30. The van der Waals surface area contributed by atoms with Crippen LogP contribution in [0.15, 0.2) is 58.3 Å². The van der Waals surface area contributed by atoms with Crippen LogP contribution in [0.25, 0.3) is 0 Å². The number of aliphatic hydroxyl groups excluding tert-OH is 1. The van der Waals surface area contributed by atoms with Gasteiger partial charge in [-0.1, -0.05) is 30.3 Å². The van der Waals surface area contributed by atoms with E-state index < -0.39 is 9.84 Å². The maximum atomic E-state index is 12.6. The molecule has 0 radical (unpaired) electrons. The van der Waals surface area contributed by atoms with Crippen molar-refractivity contribution in [2.75, 3.05) is 19.0 Å². The fourth-order valence-corrected chi connectivity index (χ4v) is 6.21. The van der Waals surface area contributed by atoms with Crippen LogP contribution in [-0.4, -0.2) is 32.5 Å². The molecular weight excluding hydrogens is 332 g/mol. The summed E-state index contributed by atoms with van der Waals surface area (Å²) in [6.07, 6.45) is 0.478. The van der Waals surface area contributed by atoms with Crippen LogP contribution in [0.1, 0.15) is 17.2 Å². The molecule has 0 fully saturated rings. The van der Waals surface area contributed by atoms with Gasteiger partial charge in [0.15, 0.2) is 9.84 Å². The molecule has 1 unspecified atom stereocenters. The Labute approximate surface area is 140 Å². The molecule has 0 saturated heterocycles. The van der Waals surface area contributed by atoms with Crippen LogP contribution >= 0.6 is 11.8 Å². The van der Waals surface area contributed by atoms with Gasteiger partial charge in [0.25, 0.3) is 0 Å².